The van der Waals surface area contributed by atoms with Crippen LogP contribution in [0.5, 0.6) is 0 Å². The molecule has 0 aliphatic rings. The molecule has 0 radical (unpaired) electrons. The van der Waals surface area contributed by atoms with E-state index < -0.39 is 0 Å². The minimum atomic E-state index is 0.604. The zero-order valence-electron chi connectivity index (χ0n) is 8.90. The van der Waals surface area contributed by atoms with Crippen molar-refractivity contribution >= 4 is 11.6 Å². The van der Waals surface area contributed by atoms with E-state index in [2.05, 4.69) is 15.5 Å². The first kappa shape index (κ1) is 11.1. The van der Waals surface area contributed by atoms with Crippen molar-refractivity contribution in [2.45, 2.75) is 13.0 Å². The summed E-state index contributed by atoms with van der Waals surface area (Å²) in [5.41, 5.74) is 1.06. The third-order valence-electron chi connectivity index (χ3n) is 2.09. The van der Waals surface area contributed by atoms with E-state index >= 15 is 0 Å². The second-order valence-electron chi connectivity index (χ2n) is 3.44. The Kier molecular flexibility index (Phi) is 3.54. The Bertz CT molecular complexity index is 470. The van der Waals surface area contributed by atoms with Gasteiger partial charge in [-0.15, -0.1) is 0 Å². The quantitative estimate of drug-likeness (QED) is 0.884. The average Bonchev–Trinajstić information content (AvgIpc) is 2.66. The van der Waals surface area contributed by atoms with Crippen LogP contribution in [0.15, 0.2) is 28.8 Å². The van der Waals surface area contributed by atoms with Crippen LogP contribution >= 0.6 is 11.6 Å². The number of halogens is 1. The van der Waals surface area contributed by atoms with Gasteiger partial charge in [0, 0.05) is 5.02 Å². The lowest BCUT2D eigenvalue weighted by molar-refractivity contribution is 0.378. The SMILES string of the molecule is CNCc1noc(Cc2cccc(Cl)c2)n1. The molecule has 16 heavy (non-hydrogen) atoms. The Morgan fingerprint density at radius 1 is 1.44 bits per heavy atom. The van der Waals surface area contributed by atoms with Crippen molar-refractivity contribution in [3.05, 3.63) is 46.6 Å². The first-order valence-corrected chi connectivity index (χ1v) is 5.36. The van der Waals surface area contributed by atoms with Crippen LogP contribution in [-0.2, 0) is 13.0 Å². The number of nitrogens with one attached hydrogen (secondary N) is 1. The Balaban J connectivity index is 2.08. The van der Waals surface area contributed by atoms with E-state index in [-0.39, 0.29) is 0 Å². The molecule has 0 unspecified atom stereocenters. The van der Waals surface area contributed by atoms with Gasteiger partial charge in [-0.25, -0.2) is 0 Å². The summed E-state index contributed by atoms with van der Waals surface area (Å²) in [7, 11) is 1.84. The molecule has 0 fully saturated rings. The molecule has 0 spiro atoms. The van der Waals surface area contributed by atoms with E-state index in [0.29, 0.717) is 29.7 Å². The third kappa shape index (κ3) is 2.81. The summed E-state index contributed by atoms with van der Waals surface area (Å²) >= 11 is 5.89. The molecule has 0 saturated heterocycles. The van der Waals surface area contributed by atoms with Crippen LogP contribution in [0.2, 0.25) is 5.02 Å². The van der Waals surface area contributed by atoms with E-state index in [1.807, 2.05) is 31.3 Å². The maximum atomic E-state index is 5.89. The smallest absolute Gasteiger partial charge is 0.231 e. The lowest BCUT2D eigenvalue weighted by Crippen LogP contribution is -2.06. The molecule has 84 valence electrons. The fourth-order valence-electron chi connectivity index (χ4n) is 1.41. The molecule has 0 amide bonds. The van der Waals surface area contributed by atoms with Gasteiger partial charge in [0.15, 0.2) is 5.82 Å². The van der Waals surface area contributed by atoms with Crippen molar-refractivity contribution in [3.63, 3.8) is 0 Å². The predicted molar refractivity (Wildman–Crippen MR) is 61.3 cm³/mol. The van der Waals surface area contributed by atoms with Crippen LogP contribution in [0.1, 0.15) is 17.3 Å². The fraction of sp³-hybridized carbons (Fsp3) is 0.273. The summed E-state index contributed by atoms with van der Waals surface area (Å²) in [6.07, 6.45) is 0.608. The highest BCUT2D eigenvalue weighted by Gasteiger charge is 2.06. The highest BCUT2D eigenvalue weighted by atomic mass is 35.5. The fourth-order valence-corrected chi connectivity index (χ4v) is 1.63. The summed E-state index contributed by atoms with van der Waals surface area (Å²) in [5, 5.41) is 7.52. The molecule has 1 heterocycles. The molecular formula is C11H12ClN3O. The van der Waals surface area contributed by atoms with Crippen molar-refractivity contribution in [1.29, 1.82) is 0 Å². The molecule has 4 nitrogen and oxygen atoms in total. The van der Waals surface area contributed by atoms with Gasteiger partial charge in [-0.3, -0.25) is 0 Å². The monoisotopic (exact) mass is 237 g/mol. The zero-order valence-corrected chi connectivity index (χ0v) is 9.66. The van der Waals surface area contributed by atoms with E-state index in [9.17, 15) is 0 Å². The van der Waals surface area contributed by atoms with Gasteiger partial charge in [-0.05, 0) is 24.7 Å². The number of benzene rings is 1. The summed E-state index contributed by atoms with van der Waals surface area (Å²) in [6.45, 7) is 0.610. The van der Waals surface area contributed by atoms with Crippen molar-refractivity contribution in [3.8, 4) is 0 Å². The highest BCUT2D eigenvalue weighted by molar-refractivity contribution is 6.30. The van der Waals surface area contributed by atoms with Crippen molar-refractivity contribution in [1.82, 2.24) is 15.5 Å². The summed E-state index contributed by atoms with van der Waals surface area (Å²) < 4.78 is 5.12. The third-order valence-corrected chi connectivity index (χ3v) is 2.32. The largest absolute Gasteiger partial charge is 0.339 e. The van der Waals surface area contributed by atoms with Crippen LogP contribution in [0, 0.1) is 0 Å². The predicted octanol–water partition coefficient (Wildman–Crippen LogP) is 2.03. The molecule has 1 aromatic carbocycles. The van der Waals surface area contributed by atoms with Crippen molar-refractivity contribution < 1.29 is 4.52 Å². The minimum absolute atomic E-state index is 0.604. The van der Waals surface area contributed by atoms with E-state index in [1.54, 1.807) is 0 Å². The Labute approximate surface area is 98.6 Å². The van der Waals surface area contributed by atoms with Gasteiger partial charge in [0.05, 0.1) is 13.0 Å². The number of rotatable bonds is 4. The first-order chi connectivity index (χ1) is 7.78. The van der Waals surface area contributed by atoms with Crippen LogP contribution in [-0.4, -0.2) is 17.2 Å². The van der Waals surface area contributed by atoms with Gasteiger partial charge in [0.1, 0.15) is 0 Å². The van der Waals surface area contributed by atoms with Gasteiger partial charge in [0.2, 0.25) is 5.89 Å². The normalized spacial score (nSPS) is 10.6. The van der Waals surface area contributed by atoms with Gasteiger partial charge in [0.25, 0.3) is 0 Å². The second kappa shape index (κ2) is 5.09. The summed E-state index contributed by atoms with van der Waals surface area (Å²) in [6, 6.07) is 7.62. The molecule has 2 rings (SSSR count). The Morgan fingerprint density at radius 2 is 2.31 bits per heavy atom. The van der Waals surface area contributed by atoms with Gasteiger partial charge < -0.3 is 9.84 Å². The van der Waals surface area contributed by atoms with Crippen molar-refractivity contribution in [2.75, 3.05) is 7.05 Å². The molecule has 0 saturated carbocycles. The Morgan fingerprint density at radius 3 is 3.06 bits per heavy atom. The molecule has 1 aromatic heterocycles. The maximum Gasteiger partial charge on any atom is 0.231 e. The lowest BCUT2D eigenvalue weighted by Gasteiger charge is -1.96. The number of nitrogens with zero attached hydrogens (tertiary/aromatic N) is 2. The summed E-state index contributed by atoms with van der Waals surface area (Å²) in [5.74, 6) is 1.27. The van der Waals surface area contributed by atoms with Crippen LogP contribution in [0.25, 0.3) is 0 Å². The molecule has 0 aliphatic carbocycles. The van der Waals surface area contributed by atoms with Gasteiger partial charge in [-0.1, -0.05) is 28.9 Å². The number of hydrogen-bond donors (Lipinski definition) is 1. The number of aromatic nitrogens is 2. The molecule has 1 N–H and O–H groups in total. The maximum absolute atomic E-state index is 5.89. The molecule has 2 aromatic rings. The number of hydrogen-bond acceptors (Lipinski definition) is 4. The molecule has 0 atom stereocenters. The van der Waals surface area contributed by atoms with Crippen LogP contribution in [0.4, 0.5) is 0 Å². The van der Waals surface area contributed by atoms with Gasteiger partial charge >= 0.3 is 0 Å². The van der Waals surface area contributed by atoms with E-state index in [0.717, 1.165) is 5.56 Å². The van der Waals surface area contributed by atoms with E-state index in [4.69, 9.17) is 16.1 Å². The van der Waals surface area contributed by atoms with Crippen LogP contribution in [0.3, 0.4) is 0 Å². The molecule has 5 heteroatoms. The van der Waals surface area contributed by atoms with E-state index in [1.165, 1.54) is 0 Å². The molecular weight excluding hydrogens is 226 g/mol. The van der Waals surface area contributed by atoms with Gasteiger partial charge in [-0.2, -0.15) is 4.98 Å². The summed E-state index contributed by atoms with van der Waals surface area (Å²) in [4.78, 5) is 4.24. The minimum Gasteiger partial charge on any atom is -0.339 e. The highest BCUT2D eigenvalue weighted by Crippen LogP contribution is 2.13. The second-order valence-corrected chi connectivity index (χ2v) is 3.88. The zero-order chi connectivity index (χ0) is 11.4. The standard InChI is InChI=1S/C11H12ClN3O/c1-13-7-10-14-11(16-15-10)6-8-3-2-4-9(12)5-8/h2-5,13H,6-7H2,1H3. The molecule has 0 bridgehead atoms. The topological polar surface area (TPSA) is 51.0 Å². The van der Waals surface area contributed by atoms with Crippen LogP contribution < -0.4 is 5.32 Å². The van der Waals surface area contributed by atoms with Crippen molar-refractivity contribution in [2.24, 2.45) is 0 Å². The molecule has 0 aliphatic heterocycles. The Hall–Kier alpha value is -1.39. The lowest BCUT2D eigenvalue weighted by atomic mass is 10.1. The average molecular weight is 238 g/mol. The first-order valence-electron chi connectivity index (χ1n) is 4.98.